The number of aromatic nitrogens is 1. The van der Waals surface area contributed by atoms with Gasteiger partial charge in [0.2, 0.25) is 0 Å². The normalized spacial score (nSPS) is 13.4. The van der Waals surface area contributed by atoms with Gasteiger partial charge in [0.15, 0.2) is 10.1 Å². The zero-order chi connectivity index (χ0) is 19.7. The number of nitrogens with one attached hydrogen (secondary N) is 1. The number of ketones is 1. The number of esters is 1. The summed E-state index contributed by atoms with van der Waals surface area (Å²) in [5.41, 5.74) is 2.07. The SMILES string of the molecule is COC(=O)CSc1nc2ccc(NC(=O)c3coc4c3C(=O)CCC4)cc2s1. The maximum Gasteiger partial charge on any atom is 0.316 e. The minimum Gasteiger partial charge on any atom is -0.468 e. The lowest BCUT2D eigenvalue weighted by Crippen LogP contribution is -2.17. The molecule has 144 valence electrons. The number of ether oxygens (including phenoxy) is 1. The molecule has 4 rings (SSSR count). The molecular weight excluding hydrogens is 400 g/mol. The van der Waals surface area contributed by atoms with E-state index in [4.69, 9.17) is 4.42 Å². The number of amides is 1. The molecule has 1 aliphatic carbocycles. The van der Waals surface area contributed by atoms with Crippen molar-refractivity contribution in [1.82, 2.24) is 4.98 Å². The highest BCUT2D eigenvalue weighted by atomic mass is 32.2. The Labute approximate surface area is 168 Å². The molecule has 0 spiro atoms. The second-order valence-electron chi connectivity index (χ2n) is 6.21. The second-order valence-corrected chi connectivity index (χ2v) is 8.46. The Bertz CT molecular complexity index is 1090. The highest BCUT2D eigenvalue weighted by Gasteiger charge is 2.27. The molecule has 2 aromatic heterocycles. The molecule has 2 heterocycles. The van der Waals surface area contributed by atoms with Crippen molar-refractivity contribution in [1.29, 1.82) is 0 Å². The van der Waals surface area contributed by atoms with Crippen molar-refractivity contribution < 1.29 is 23.5 Å². The first-order valence-corrected chi connectivity index (χ1v) is 10.4. The van der Waals surface area contributed by atoms with E-state index in [-0.39, 0.29) is 29.0 Å². The third-order valence-electron chi connectivity index (χ3n) is 4.37. The molecule has 3 aromatic rings. The highest BCUT2D eigenvalue weighted by molar-refractivity contribution is 8.01. The summed E-state index contributed by atoms with van der Waals surface area (Å²) in [7, 11) is 1.35. The zero-order valence-electron chi connectivity index (χ0n) is 14.9. The summed E-state index contributed by atoms with van der Waals surface area (Å²) >= 11 is 2.74. The van der Waals surface area contributed by atoms with Crippen LogP contribution in [0.1, 0.15) is 39.3 Å². The summed E-state index contributed by atoms with van der Waals surface area (Å²) in [6, 6.07) is 5.38. The van der Waals surface area contributed by atoms with E-state index in [9.17, 15) is 14.4 Å². The van der Waals surface area contributed by atoms with E-state index in [1.165, 1.54) is 36.5 Å². The van der Waals surface area contributed by atoms with Crippen LogP contribution in [0.2, 0.25) is 0 Å². The fourth-order valence-electron chi connectivity index (χ4n) is 3.01. The Morgan fingerprint density at radius 3 is 3.04 bits per heavy atom. The lowest BCUT2D eigenvalue weighted by atomic mass is 9.94. The van der Waals surface area contributed by atoms with Crippen LogP contribution in [0.25, 0.3) is 10.2 Å². The summed E-state index contributed by atoms with van der Waals surface area (Å²) in [5.74, 6) is 0.0519. The van der Waals surface area contributed by atoms with Crippen molar-refractivity contribution in [3.05, 3.63) is 41.3 Å². The van der Waals surface area contributed by atoms with E-state index in [0.717, 1.165) is 21.0 Å². The van der Waals surface area contributed by atoms with Gasteiger partial charge in [-0.3, -0.25) is 14.4 Å². The number of carbonyl (C=O) groups excluding carboxylic acids is 3. The number of thioether (sulfide) groups is 1. The molecule has 1 aliphatic rings. The van der Waals surface area contributed by atoms with Crippen LogP contribution in [0.15, 0.2) is 33.2 Å². The Morgan fingerprint density at radius 1 is 1.36 bits per heavy atom. The number of rotatable bonds is 5. The number of anilines is 1. The molecule has 0 atom stereocenters. The first kappa shape index (κ1) is 18.7. The number of carbonyl (C=O) groups is 3. The first-order chi connectivity index (χ1) is 13.5. The van der Waals surface area contributed by atoms with Gasteiger partial charge in [0.1, 0.15) is 12.0 Å². The Hall–Kier alpha value is -2.65. The van der Waals surface area contributed by atoms with Crippen LogP contribution in [0.5, 0.6) is 0 Å². The lowest BCUT2D eigenvalue weighted by Gasteiger charge is -2.10. The third kappa shape index (κ3) is 3.67. The van der Waals surface area contributed by atoms with Gasteiger partial charge < -0.3 is 14.5 Å². The molecule has 7 nitrogen and oxygen atoms in total. The summed E-state index contributed by atoms with van der Waals surface area (Å²) in [4.78, 5) is 40.5. The number of furan rings is 1. The first-order valence-electron chi connectivity index (χ1n) is 8.60. The van der Waals surface area contributed by atoms with Crippen LogP contribution in [-0.4, -0.2) is 35.5 Å². The monoisotopic (exact) mass is 416 g/mol. The molecule has 1 N–H and O–H groups in total. The van der Waals surface area contributed by atoms with Crippen molar-refractivity contribution in [2.75, 3.05) is 18.2 Å². The van der Waals surface area contributed by atoms with Crippen LogP contribution in [-0.2, 0) is 16.0 Å². The number of fused-ring (bicyclic) bond motifs is 2. The van der Waals surface area contributed by atoms with Gasteiger partial charge in [0.25, 0.3) is 5.91 Å². The van der Waals surface area contributed by atoms with Gasteiger partial charge >= 0.3 is 5.97 Å². The van der Waals surface area contributed by atoms with Crippen molar-refractivity contribution in [2.24, 2.45) is 0 Å². The van der Waals surface area contributed by atoms with Gasteiger partial charge in [-0.25, -0.2) is 4.98 Å². The van der Waals surface area contributed by atoms with Crippen LogP contribution in [0.4, 0.5) is 5.69 Å². The van der Waals surface area contributed by atoms with Crippen LogP contribution in [0.3, 0.4) is 0 Å². The number of hydrogen-bond donors (Lipinski definition) is 1. The van der Waals surface area contributed by atoms with E-state index >= 15 is 0 Å². The maximum atomic E-state index is 12.7. The number of Topliss-reactive ketones (excluding diaryl/α,β-unsaturated/α-hetero) is 1. The minimum absolute atomic E-state index is 0.0506. The largest absolute Gasteiger partial charge is 0.468 e. The number of aryl methyl sites for hydroxylation is 1. The third-order valence-corrected chi connectivity index (χ3v) is 6.50. The molecule has 0 radical (unpaired) electrons. The van der Waals surface area contributed by atoms with Gasteiger partial charge in [-0.2, -0.15) is 0 Å². The van der Waals surface area contributed by atoms with Gasteiger partial charge in [-0.1, -0.05) is 11.8 Å². The van der Waals surface area contributed by atoms with Gasteiger partial charge in [-0.05, 0) is 24.6 Å². The molecule has 28 heavy (non-hydrogen) atoms. The van der Waals surface area contributed by atoms with E-state index in [2.05, 4.69) is 15.0 Å². The molecule has 0 fully saturated rings. The summed E-state index contributed by atoms with van der Waals surface area (Å²) in [6.07, 6.45) is 3.22. The second kappa shape index (κ2) is 7.76. The summed E-state index contributed by atoms with van der Waals surface area (Å²) in [6.45, 7) is 0. The van der Waals surface area contributed by atoms with Crippen LogP contribution in [0, 0.1) is 0 Å². The van der Waals surface area contributed by atoms with E-state index in [1.54, 1.807) is 12.1 Å². The van der Waals surface area contributed by atoms with E-state index in [1.807, 2.05) is 6.07 Å². The van der Waals surface area contributed by atoms with E-state index < -0.39 is 0 Å². The zero-order valence-corrected chi connectivity index (χ0v) is 16.6. The minimum atomic E-state index is -0.371. The molecule has 0 saturated carbocycles. The summed E-state index contributed by atoms with van der Waals surface area (Å²) < 4.78 is 11.7. The number of methoxy groups -OCH3 is 1. The standard InChI is InChI=1S/C19H16N2O5S2/c1-25-16(23)9-27-19-21-12-6-5-10(7-15(12)28-19)20-18(24)11-8-26-14-4-2-3-13(22)17(11)14/h5-8H,2-4,9H2,1H3,(H,20,24). The number of benzene rings is 1. The topological polar surface area (TPSA) is 98.5 Å². The molecule has 9 heteroatoms. The van der Waals surface area contributed by atoms with Gasteiger partial charge in [0, 0.05) is 18.5 Å². The van der Waals surface area contributed by atoms with Crippen molar-refractivity contribution in [3.8, 4) is 0 Å². The summed E-state index contributed by atoms with van der Waals surface area (Å²) in [5, 5.41) is 2.82. The van der Waals surface area contributed by atoms with Gasteiger partial charge in [0.05, 0.1) is 34.2 Å². The predicted molar refractivity (Wildman–Crippen MR) is 106 cm³/mol. The molecular formula is C19H16N2O5S2. The average molecular weight is 416 g/mol. The van der Waals surface area contributed by atoms with Crippen LogP contribution >= 0.6 is 23.1 Å². The molecule has 0 aliphatic heterocycles. The van der Waals surface area contributed by atoms with E-state index in [0.29, 0.717) is 29.9 Å². The van der Waals surface area contributed by atoms with Gasteiger partial charge in [-0.15, -0.1) is 11.3 Å². The molecule has 0 saturated heterocycles. The van der Waals surface area contributed by atoms with Crippen molar-refractivity contribution >= 4 is 56.7 Å². The smallest absolute Gasteiger partial charge is 0.316 e. The Balaban J connectivity index is 1.52. The number of nitrogens with zero attached hydrogens (tertiary/aromatic N) is 1. The Morgan fingerprint density at radius 2 is 2.21 bits per heavy atom. The predicted octanol–water partition coefficient (Wildman–Crippen LogP) is 3.93. The average Bonchev–Trinajstić information content (AvgIpc) is 3.30. The number of hydrogen-bond acceptors (Lipinski definition) is 8. The molecule has 0 unspecified atom stereocenters. The van der Waals surface area contributed by atoms with Crippen molar-refractivity contribution in [3.63, 3.8) is 0 Å². The Kier molecular flexibility index (Phi) is 5.19. The maximum absolute atomic E-state index is 12.7. The molecule has 1 aromatic carbocycles. The molecule has 0 bridgehead atoms. The highest BCUT2D eigenvalue weighted by Crippen LogP contribution is 2.32. The van der Waals surface area contributed by atoms with Crippen LogP contribution < -0.4 is 5.32 Å². The fourth-order valence-corrected chi connectivity index (χ4v) is 4.95. The fraction of sp³-hybridized carbons (Fsp3) is 0.263. The lowest BCUT2D eigenvalue weighted by molar-refractivity contribution is -0.137. The number of thiazole rings is 1. The quantitative estimate of drug-likeness (QED) is 0.497. The van der Waals surface area contributed by atoms with Crippen molar-refractivity contribution in [2.45, 2.75) is 23.6 Å². The molecule has 1 amide bonds.